The first-order valence-electron chi connectivity index (χ1n) is 1.79. The summed E-state index contributed by atoms with van der Waals surface area (Å²) in [6.45, 7) is 0. The average molecular weight is 236 g/mol. The monoisotopic (exact) mass is 235 g/mol. The van der Waals surface area contributed by atoms with Crippen molar-refractivity contribution < 1.29 is 37.5 Å². The van der Waals surface area contributed by atoms with E-state index in [0.717, 1.165) is 25.0 Å². The summed E-state index contributed by atoms with van der Waals surface area (Å²) < 4.78 is 0. The Hall–Kier alpha value is -2.32. The zero-order valence-corrected chi connectivity index (χ0v) is 6.82. The summed E-state index contributed by atoms with van der Waals surface area (Å²) in [4.78, 5) is 0. The summed E-state index contributed by atoms with van der Waals surface area (Å²) in [5.41, 5.74) is 0. The van der Waals surface area contributed by atoms with Crippen molar-refractivity contribution in [1.82, 2.24) is 0 Å². The SMILES string of the molecule is N#CO.N#CO.N#CO.N#CO.[Cu]. The van der Waals surface area contributed by atoms with E-state index in [2.05, 4.69) is 0 Å². The molecule has 0 aliphatic rings. The van der Waals surface area contributed by atoms with Crippen LogP contribution in [0, 0.1) is 46.1 Å². The molecule has 75 valence electrons. The molecule has 8 nitrogen and oxygen atoms in total. The van der Waals surface area contributed by atoms with Crippen molar-refractivity contribution in [1.29, 1.82) is 21.0 Å². The fourth-order valence-electron chi connectivity index (χ4n) is 0. The number of hydrogen-bond acceptors (Lipinski definition) is 8. The molecule has 0 aliphatic heterocycles. The van der Waals surface area contributed by atoms with Crippen LogP contribution >= 0.6 is 0 Å². The van der Waals surface area contributed by atoms with E-state index in [1.54, 1.807) is 0 Å². The second-order valence-electron chi connectivity index (χ2n) is 0.400. The number of rotatable bonds is 0. The standard InChI is InChI=1S/4CHNO.Cu/c4*2-1-3;/h4*3H;. The minimum absolute atomic E-state index is 0. The normalized spacial score (nSPS) is 2.15. The van der Waals surface area contributed by atoms with Gasteiger partial charge in [0.05, 0.1) is 0 Å². The molecule has 0 amide bonds. The fraction of sp³-hybridized carbons (Fsp3) is 0. The Balaban J connectivity index is -0.0000000213. The van der Waals surface area contributed by atoms with Crippen LogP contribution < -0.4 is 0 Å². The Labute approximate surface area is 84.2 Å². The average Bonchev–Trinajstić information content (AvgIpc) is 1.92. The molecule has 0 aromatic carbocycles. The van der Waals surface area contributed by atoms with Gasteiger partial charge < -0.3 is 20.4 Å². The van der Waals surface area contributed by atoms with E-state index in [0.29, 0.717) is 0 Å². The first-order valence-corrected chi connectivity index (χ1v) is 1.79. The van der Waals surface area contributed by atoms with E-state index in [1.165, 1.54) is 0 Å². The molecular weight excluding hydrogens is 232 g/mol. The maximum Gasteiger partial charge on any atom is 0.283 e. The van der Waals surface area contributed by atoms with Crippen molar-refractivity contribution in [2.24, 2.45) is 0 Å². The van der Waals surface area contributed by atoms with Crippen LogP contribution in [0.25, 0.3) is 0 Å². The van der Waals surface area contributed by atoms with Gasteiger partial charge in [-0.25, -0.2) is 0 Å². The van der Waals surface area contributed by atoms with Crippen molar-refractivity contribution >= 4 is 0 Å². The number of aliphatic hydroxyl groups excluding tert-OH is 4. The second-order valence-corrected chi connectivity index (χ2v) is 0.400. The largest absolute Gasteiger partial charge is 0.443 e. The summed E-state index contributed by atoms with van der Waals surface area (Å²) in [5.74, 6) is 0. The molecule has 0 rings (SSSR count). The quantitative estimate of drug-likeness (QED) is 0.316. The summed E-state index contributed by atoms with van der Waals surface area (Å²) in [6, 6.07) is 0. The first-order chi connectivity index (χ1) is 5.66. The van der Waals surface area contributed by atoms with E-state index in [4.69, 9.17) is 41.5 Å². The van der Waals surface area contributed by atoms with Crippen LogP contribution in [-0.4, -0.2) is 20.4 Å². The molecule has 0 spiro atoms. The van der Waals surface area contributed by atoms with E-state index >= 15 is 0 Å². The molecule has 13 heavy (non-hydrogen) atoms. The maximum absolute atomic E-state index is 6.88. The molecule has 9 heteroatoms. The minimum atomic E-state index is 0. The van der Waals surface area contributed by atoms with Gasteiger partial charge in [-0.1, -0.05) is 0 Å². The summed E-state index contributed by atoms with van der Waals surface area (Å²) in [5, 5.41) is 55.0. The second kappa shape index (κ2) is 259. The zero-order chi connectivity index (χ0) is 10.8. The molecule has 0 aromatic heterocycles. The van der Waals surface area contributed by atoms with Crippen LogP contribution in [0.2, 0.25) is 0 Å². The molecule has 0 fully saturated rings. The van der Waals surface area contributed by atoms with Crippen LogP contribution in [-0.2, 0) is 17.1 Å². The molecule has 0 heterocycles. The number of aliphatic hydroxyl groups is 4. The zero-order valence-electron chi connectivity index (χ0n) is 5.88. The van der Waals surface area contributed by atoms with Gasteiger partial charge in [0, 0.05) is 17.1 Å². The molecule has 0 bridgehead atoms. The van der Waals surface area contributed by atoms with Crippen molar-refractivity contribution in [3.8, 4) is 25.0 Å². The van der Waals surface area contributed by atoms with Crippen LogP contribution in [0.3, 0.4) is 0 Å². The Morgan fingerprint density at radius 2 is 0.538 bits per heavy atom. The van der Waals surface area contributed by atoms with Crippen molar-refractivity contribution in [3.63, 3.8) is 0 Å². The Morgan fingerprint density at radius 1 is 0.538 bits per heavy atom. The number of nitrogens with zero attached hydrogens (tertiary/aromatic N) is 4. The van der Waals surface area contributed by atoms with Crippen LogP contribution in [0.5, 0.6) is 0 Å². The topological polar surface area (TPSA) is 176 Å². The Kier molecular flexibility index (Phi) is 617. The Morgan fingerprint density at radius 3 is 0.538 bits per heavy atom. The smallest absolute Gasteiger partial charge is 0.283 e. The molecule has 0 aliphatic carbocycles. The van der Waals surface area contributed by atoms with Gasteiger partial charge in [0.25, 0.3) is 25.0 Å². The first kappa shape index (κ1) is 31.0. The van der Waals surface area contributed by atoms with E-state index in [9.17, 15) is 0 Å². The molecule has 0 atom stereocenters. The number of hydrogen-bond donors (Lipinski definition) is 4. The van der Waals surface area contributed by atoms with Crippen LogP contribution in [0.4, 0.5) is 0 Å². The predicted octanol–water partition coefficient (Wildman–Crippen LogP) is -0.643. The van der Waals surface area contributed by atoms with E-state index in [-0.39, 0.29) is 17.1 Å². The van der Waals surface area contributed by atoms with Gasteiger partial charge in [-0.3, -0.25) is 0 Å². The minimum Gasteiger partial charge on any atom is -0.443 e. The van der Waals surface area contributed by atoms with E-state index < -0.39 is 0 Å². The van der Waals surface area contributed by atoms with Gasteiger partial charge >= 0.3 is 0 Å². The summed E-state index contributed by atoms with van der Waals surface area (Å²) in [7, 11) is 0. The molecular formula is C4H4CuN4O4. The maximum atomic E-state index is 6.88. The van der Waals surface area contributed by atoms with Gasteiger partial charge in [0.1, 0.15) is 0 Å². The molecule has 0 aromatic rings. The summed E-state index contributed by atoms with van der Waals surface area (Å²) >= 11 is 0. The number of nitriles is 4. The van der Waals surface area contributed by atoms with Crippen LogP contribution in [0.15, 0.2) is 0 Å². The van der Waals surface area contributed by atoms with Gasteiger partial charge in [-0.15, -0.1) is 0 Å². The molecule has 1 radical (unpaired) electrons. The Bertz CT molecular complexity index is 158. The summed E-state index contributed by atoms with van der Waals surface area (Å²) in [6.07, 6.45) is 3.00. The van der Waals surface area contributed by atoms with Gasteiger partial charge in [-0.2, -0.15) is 21.0 Å². The molecule has 0 unspecified atom stereocenters. The third-order valence-electron chi connectivity index (χ3n) is 0. The van der Waals surface area contributed by atoms with Gasteiger partial charge in [0.15, 0.2) is 0 Å². The molecule has 0 saturated heterocycles. The third kappa shape index (κ3) is 106. The predicted molar refractivity (Wildman–Crippen MR) is 30.2 cm³/mol. The van der Waals surface area contributed by atoms with Gasteiger partial charge in [-0.05, 0) is 0 Å². The van der Waals surface area contributed by atoms with E-state index in [1.807, 2.05) is 0 Å². The third-order valence-corrected chi connectivity index (χ3v) is 0. The van der Waals surface area contributed by atoms with Crippen molar-refractivity contribution in [2.75, 3.05) is 0 Å². The van der Waals surface area contributed by atoms with Gasteiger partial charge in [0.2, 0.25) is 0 Å². The fourth-order valence-corrected chi connectivity index (χ4v) is 0. The molecule has 0 saturated carbocycles. The van der Waals surface area contributed by atoms with Crippen molar-refractivity contribution in [3.05, 3.63) is 0 Å². The van der Waals surface area contributed by atoms with Crippen molar-refractivity contribution in [2.45, 2.75) is 0 Å². The molecule has 4 N–H and O–H groups in total. The van der Waals surface area contributed by atoms with Crippen LogP contribution in [0.1, 0.15) is 0 Å².